The SMILES string of the molecule is NC(=O)c1[nH]n[c-]c1N.[CH3-].[Y]. The summed E-state index contributed by atoms with van der Waals surface area (Å²) in [7, 11) is 0. The molecule has 5 N–H and O–H groups in total. The van der Waals surface area contributed by atoms with E-state index in [1.807, 2.05) is 0 Å². The summed E-state index contributed by atoms with van der Waals surface area (Å²) in [5, 5.41) is 5.67. The molecule has 1 heterocycles. The van der Waals surface area contributed by atoms with Gasteiger partial charge in [0.2, 0.25) is 0 Å². The van der Waals surface area contributed by atoms with E-state index in [9.17, 15) is 4.79 Å². The summed E-state index contributed by atoms with van der Waals surface area (Å²) in [6.45, 7) is 0. The molecule has 6 heteroatoms. The molecule has 0 aliphatic heterocycles. The molecule has 0 aromatic carbocycles. The molecular formula is C5H8N4OY-2. The van der Waals surface area contributed by atoms with Crippen LogP contribution in [0.4, 0.5) is 5.69 Å². The summed E-state index contributed by atoms with van der Waals surface area (Å²) in [6.07, 6.45) is 2.32. The fourth-order valence-electron chi connectivity index (χ4n) is 0.448. The van der Waals surface area contributed by atoms with Crippen molar-refractivity contribution in [1.29, 1.82) is 0 Å². The number of nitrogens with one attached hydrogen (secondary N) is 1. The van der Waals surface area contributed by atoms with E-state index in [0.29, 0.717) is 0 Å². The van der Waals surface area contributed by atoms with Crippen LogP contribution < -0.4 is 11.5 Å². The Morgan fingerprint density at radius 3 is 2.36 bits per heavy atom. The van der Waals surface area contributed by atoms with Gasteiger partial charge in [0.05, 0.1) is 0 Å². The van der Waals surface area contributed by atoms with E-state index in [1.54, 1.807) is 0 Å². The molecule has 1 aromatic rings. The van der Waals surface area contributed by atoms with Gasteiger partial charge in [0.25, 0.3) is 0 Å². The Hall–Kier alpha value is -0.416. The molecule has 1 aromatic heterocycles. The molecule has 0 fully saturated rings. The number of hydrogen-bond donors (Lipinski definition) is 3. The molecule has 1 rings (SSSR count). The van der Waals surface area contributed by atoms with Crippen molar-refractivity contribution in [3.63, 3.8) is 0 Å². The van der Waals surface area contributed by atoms with Crippen molar-refractivity contribution in [3.05, 3.63) is 19.3 Å². The van der Waals surface area contributed by atoms with Crippen LogP contribution in [0, 0.1) is 13.6 Å². The third-order valence-corrected chi connectivity index (χ3v) is 0.860. The van der Waals surface area contributed by atoms with Gasteiger partial charge in [0.1, 0.15) is 0 Å². The minimum absolute atomic E-state index is 0. The molecule has 1 amide bonds. The van der Waals surface area contributed by atoms with E-state index < -0.39 is 5.91 Å². The van der Waals surface area contributed by atoms with E-state index in [0.717, 1.165) is 0 Å². The molecule has 11 heavy (non-hydrogen) atoms. The number of amides is 1. The van der Waals surface area contributed by atoms with Crippen molar-refractivity contribution < 1.29 is 37.5 Å². The molecule has 5 nitrogen and oxygen atoms in total. The van der Waals surface area contributed by atoms with Crippen molar-refractivity contribution in [1.82, 2.24) is 10.2 Å². The van der Waals surface area contributed by atoms with E-state index in [-0.39, 0.29) is 51.5 Å². The Balaban J connectivity index is 0. The van der Waals surface area contributed by atoms with Crippen molar-refractivity contribution in [2.24, 2.45) is 5.73 Å². The van der Waals surface area contributed by atoms with Crippen molar-refractivity contribution in [3.8, 4) is 0 Å². The summed E-state index contributed by atoms with van der Waals surface area (Å²) < 4.78 is 0. The number of H-pyrrole nitrogens is 1. The average molecular weight is 229 g/mol. The van der Waals surface area contributed by atoms with Crippen molar-refractivity contribution in [2.45, 2.75) is 0 Å². The number of hydrogen-bond acceptors (Lipinski definition) is 3. The van der Waals surface area contributed by atoms with Crippen molar-refractivity contribution in [2.75, 3.05) is 5.73 Å². The topological polar surface area (TPSA) is 97.8 Å². The molecule has 0 aliphatic carbocycles. The first kappa shape index (κ1) is 13.2. The smallest absolute Gasteiger partial charge is 0.185 e. The summed E-state index contributed by atoms with van der Waals surface area (Å²) in [5.41, 5.74) is 10.3. The normalized spacial score (nSPS) is 7.64. The number of aromatic nitrogens is 2. The van der Waals surface area contributed by atoms with Gasteiger partial charge < -0.3 is 29.1 Å². The Labute approximate surface area is 89.8 Å². The molecule has 0 spiro atoms. The number of nitrogen functional groups attached to an aromatic ring is 1. The van der Waals surface area contributed by atoms with Crippen LogP contribution in [0.3, 0.4) is 0 Å². The standard InChI is InChI=1S/C4H5N4O.CH3.Y/c5-2-1-7-8-3(2)4(6)9;;/h5H2,(H2,6,9)(H,7,8);1H3;/q2*-1;. The van der Waals surface area contributed by atoms with Gasteiger partial charge in [-0.15, -0.1) is 0 Å². The zero-order chi connectivity index (χ0) is 6.85. The van der Waals surface area contributed by atoms with E-state index in [4.69, 9.17) is 11.5 Å². The third kappa shape index (κ3) is 2.99. The number of rotatable bonds is 1. The molecular weight excluding hydrogens is 221 g/mol. The Morgan fingerprint density at radius 1 is 1.64 bits per heavy atom. The molecule has 0 atom stereocenters. The van der Waals surface area contributed by atoms with E-state index in [1.165, 1.54) is 0 Å². The number of nitrogens with zero attached hydrogens (tertiary/aromatic N) is 1. The molecule has 59 valence electrons. The fourth-order valence-corrected chi connectivity index (χ4v) is 0.448. The number of aromatic amines is 1. The largest absolute Gasteiger partial charge is 0.428 e. The number of primary amides is 1. The Kier molecular flexibility index (Phi) is 6.31. The summed E-state index contributed by atoms with van der Waals surface area (Å²) in [4.78, 5) is 10.3. The molecule has 0 saturated heterocycles. The number of carbonyl (C=O) groups excluding carboxylic acids is 1. The maximum absolute atomic E-state index is 10.3. The molecule has 0 saturated carbocycles. The Morgan fingerprint density at radius 2 is 2.18 bits per heavy atom. The zero-order valence-electron chi connectivity index (χ0n) is 6.09. The van der Waals surface area contributed by atoms with Gasteiger partial charge in [0, 0.05) is 32.7 Å². The van der Waals surface area contributed by atoms with Crippen LogP contribution >= 0.6 is 0 Å². The fraction of sp³-hybridized carbons (Fsp3) is 0. The predicted octanol–water partition coefficient (Wildman–Crippen LogP) is -0.661. The first-order chi connectivity index (χ1) is 4.22. The second-order valence-corrected chi connectivity index (χ2v) is 1.49. The van der Waals surface area contributed by atoms with E-state index in [2.05, 4.69) is 16.4 Å². The van der Waals surface area contributed by atoms with Gasteiger partial charge in [-0.25, -0.2) is 0 Å². The second-order valence-electron chi connectivity index (χ2n) is 1.49. The van der Waals surface area contributed by atoms with Crippen LogP contribution in [0.25, 0.3) is 0 Å². The predicted molar refractivity (Wildman–Crippen MR) is 36.8 cm³/mol. The van der Waals surface area contributed by atoms with Crippen LogP contribution in [-0.2, 0) is 32.7 Å². The van der Waals surface area contributed by atoms with Gasteiger partial charge in [0.15, 0.2) is 5.91 Å². The van der Waals surface area contributed by atoms with Gasteiger partial charge in [-0.05, 0) is 5.69 Å². The number of nitrogens with two attached hydrogens (primary N) is 2. The minimum atomic E-state index is -0.624. The van der Waals surface area contributed by atoms with Gasteiger partial charge in [-0.2, -0.15) is 0 Å². The minimum Gasteiger partial charge on any atom is -0.428 e. The first-order valence-corrected chi connectivity index (χ1v) is 2.23. The first-order valence-electron chi connectivity index (χ1n) is 2.23. The van der Waals surface area contributed by atoms with Gasteiger partial charge in [-0.3, -0.25) is 4.79 Å². The van der Waals surface area contributed by atoms with Gasteiger partial charge >= 0.3 is 0 Å². The van der Waals surface area contributed by atoms with Crippen LogP contribution in [0.1, 0.15) is 10.5 Å². The maximum atomic E-state index is 10.3. The maximum Gasteiger partial charge on any atom is 0.185 e. The molecule has 1 radical (unpaired) electrons. The summed E-state index contributed by atoms with van der Waals surface area (Å²) in [6, 6.07) is 0. The summed E-state index contributed by atoms with van der Waals surface area (Å²) in [5.74, 6) is -0.624. The van der Waals surface area contributed by atoms with Crippen LogP contribution in [0.15, 0.2) is 0 Å². The number of anilines is 1. The number of carbonyl (C=O) groups is 1. The zero-order valence-corrected chi connectivity index (χ0v) is 8.93. The van der Waals surface area contributed by atoms with Crippen molar-refractivity contribution >= 4 is 11.6 Å². The second kappa shape index (κ2) is 5.26. The monoisotopic (exact) mass is 229 g/mol. The molecule has 0 unspecified atom stereocenters. The van der Waals surface area contributed by atoms with Crippen LogP contribution in [0.5, 0.6) is 0 Å². The molecule has 0 aliphatic rings. The molecule has 0 bridgehead atoms. The average Bonchev–Trinajstić information content (AvgIpc) is 2.13. The Bertz CT molecular complexity index is 234. The summed E-state index contributed by atoms with van der Waals surface area (Å²) >= 11 is 0. The van der Waals surface area contributed by atoms with Crippen LogP contribution in [-0.4, -0.2) is 16.1 Å². The van der Waals surface area contributed by atoms with E-state index >= 15 is 0 Å². The quantitative estimate of drug-likeness (QED) is 0.557. The third-order valence-electron chi connectivity index (χ3n) is 0.860. The van der Waals surface area contributed by atoms with Gasteiger partial charge in [-0.1, -0.05) is 11.9 Å². The van der Waals surface area contributed by atoms with Crippen LogP contribution in [0.2, 0.25) is 0 Å².